The molecule has 8 unspecified atom stereocenters. The molecular weight excluding hydrogens is 2360 g/mol. The molecule has 4 aliphatic carbocycles. The molecule has 0 aromatic heterocycles. The van der Waals surface area contributed by atoms with Gasteiger partial charge in [0, 0.05) is 0 Å². The molecule has 0 bridgehead atoms. The second-order valence-corrected chi connectivity index (χ2v) is 49.2. The molecule has 12 rings (SSSR count). The molecule has 0 saturated heterocycles. The molecule has 0 heterocycles. The molecule has 8 aromatic carbocycles. The van der Waals surface area contributed by atoms with E-state index >= 15 is 0 Å². The molecule has 4 aliphatic rings. The van der Waals surface area contributed by atoms with Gasteiger partial charge in [-0.2, -0.15) is 24.2 Å². The van der Waals surface area contributed by atoms with E-state index in [0.717, 1.165) is 141 Å². The number of hydrogen-bond donors (Lipinski definition) is 0. The van der Waals surface area contributed by atoms with Crippen molar-refractivity contribution in [3.8, 4) is 0 Å². The van der Waals surface area contributed by atoms with Crippen molar-refractivity contribution in [2.75, 3.05) is 0 Å². The standard InChI is InChI=1S/C22H36N2O2S.2C19H30N2O2S.C16H24N2O2S.4C10H14.4CH3.4ClH.4Ru/c1-14(2)17-11-18(15(3)4)20(19(12-17)16(5)6)13-27(25,26)24-22-10-8-7-9-21(22)23;1-13(2)15-8-7-9-16(14(3)4)17(15)12-24(22,23)21-19-11-6-5-10-18(19)20;1-13(2)16-9-15(10-17(11-16)14(3)4)12-24(22,23)21-19-8-6-5-7-18(19)20;1-12(2)14-9-7-13(8-10-14)11-21(19,20)18-16-6-4-3-5-15(16)17;4*1-8(2)10-6-4-9(3)5-7-10;;;;;;;;;;;;/h11-12,14-16,21-23H,7-10,13H2,1-6H3;7-9,13-14,18-20H,5-6,10-12H2,1-4H3;9-11,13-14,18-20H,5-8,12H2,1-4H3;7-10,12,15-17H,3-6,11H2,1-2H3;4*4-8H,1-3H3;4*1H3;4*1H;;;;/q4*-2;;;;;4*-1;;;;;4*+4/p-4. The van der Waals surface area contributed by atoms with Gasteiger partial charge in [0.1, 0.15) is 0 Å². The predicted molar refractivity (Wildman–Crippen MR) is 634 cm³/mol. The molecule has 148 heavy (non-hydrogen) atoms. The fourth-order valence-electron chi connectivity index (χ4n) is 17.2. The Hall–Kier alpha value is -3.11. The molecule has 16 nitrogen and oxygen atoms in total. The summed E-state index contributed by atoms with van der Waals surface area (Å²) in [5.41, 5.74) is 55.8. The van der Waals surface area contributed by atoms with Crippen molar-refractivity contribution in [1.82, 2.24) is 0 Å². The van der Waals surface area contributed by atoms with Gasteiger partial charge in [-0.25, -0.2) is 33.7 Å². The summed E-state index contributed by atoms with van der Waals surface area (Å²) >= 11 is 7.29. The van der Waals surface area contributed by atoms with Crippen LogP contribution in [-0.2, 0) is 132 Å². The van der Waals surface area contributed by atoms with Gasteiger partial charge in [0.15, 0.2) is 0 Å². The van der Waals surface area contributed by atoms with Crippen LogP contribution in [0, 0.1) is 57.4 Å². The number of aryl methyl sites for hydroxylation is 4. The van der Waals surface area contributed by atoms with Crippen LogP contribution in [0.5, 0.6) is 0 Å². The van der Waals surface area contributed by atoms with Crippen LogP contribution in [0.4, 0.5) is 0 Å². The van der Waals surface area contributed by atoms with Gasteiger partial charge in [0.05, 0.1) is 63.1 Å². The Balaban J connectivity index is -0.000000810. The van der Waals surface area contributed by atoms with Crippen molar-refractivity contribution in [3.63, 3.8) is 0 Å². The zero-order valence-electron chi connectivity index (χ0n) is 95.5. The van der Waals surface area contributed by atoms with Crippen molar-refractivity contribution in [2.45, 2.75) is 439 Å². The number of nitrogens with zero attached hydrogens (tertiary/aromatic N) is 4. The third-order valence-electron chi connectivity index (χ3n) is 26.2. The summed E-state index contributed by atoms with van der Waals surface area (Å²) in [6.07, 6.45) is 13.8. The fraction of sp³-hybridized carbons (Fsp3) is 0.567. The molecule has 0 spiro atoms. The SMILES string of the molecule is CC(C)c1cc(C(C)C)c(CS(=O)(=O)[N-]C2CCCCC2[NH-])c(C(C)C)c1.CC(C)c1cc(CS(=O)(=O)[N-]C2CCCCC2[NH-])cc(C(C)C)c1.CC(C)c1ccc(CS(=O)(=O)[N-]C2CCCCC2[NH-])cc1.CC(C)c1cccc(C(C)C)c1CS(=O)(=O)[N-]C1CCCCC1[NH-].Cc1ccc(C(C)C)cc1.Cc1ccc(C(C)C)cc1.Cc1ccc(C(C)C)cc1.Cc1ccc(C(C)C)cc1.[CH3-].[CH3-].[CH3-].[CH3-].[Cl][Ru+3].[Cl][Ru+3].[Cl][Ru+3].[Cl][Ru+3]. The van der Waals surface area contributed by atoms with Gasteiger partial charge < -0.3 is 71.5 Å². The van der Waals surface area contributed by atoms with Gasteiger partial charge in [-0.3, -0.25) is 0 Å². The van der Waals surface area contributed by atoms with E-state index in [2.05, 4.69) is 367 Å². The van der Waals surface area contributed by atoms with Gasteiger partial charge in [-0.05, 0) is 188 Å². The molecule has 8 atom stereocenters. The van der Waals surface area contributed by atoms with E-state index in [-0.39, 0.29) is 125 Å². The zero-order chi connectivity index (χ0) is 110. The van der Waals surface area contributed by atoms with Gasteiger partial charge in [-0.15, -0.1) is 24.2 Å². The van der Waals surface area contributed by atoms with E-state index in [1.165, 1.54) is 66.8 Å². The second-order valence-electron chi connectivity index (χ2n) is 42.5. The summed E-state index contributed by atoms with van der Waals surface area (Å²) < 4.78 is 117. The van der Waals surface area contributed by atoms with E-state index in [1.54, 1.807) is 0 Å². The fourth-order valence-corrected chi connectivity index (χ4v) is 22.7. The molecule has 8 aromatic rings. The third-order valence-corrected chi connectivity index (χ3v) is 31.3. The van der Waals surface area contributed by atoms with Crippen LogP contribution < -0.4 is 0 Å². The van der Waals surface area contributed by atoms with Crippen molar-refractivity contribution in [3.05, 3.63) is 353 Å². The van der Waals surface area contributed by atoms with E-state index in [9.17, 15) is 33.7 Å². The first-order valence-corrected chi connectivity index (χ1v) is 66.9. The van der Waals surface area contributed by atoms with Crippen LogP contribution in [0.15, 0.2) is 170 Å². The summed E-state index contributed by atoms with van der Waals surface area (Å²) in [6, 6.07) is 56.2. The van der Waals surface area contributed by atoms with Crippen LogP contribution in [-0.4, -0.2) is 82.0 Å². The van der Waals surface area contributed by atoms with Crippen molar-refractivity contribution < 1.29 is 103 Å². The van der Waals surface area contributed by atoms with Gasteiger partial charge in [0.25, 0.3) is 0 Å². The van der Waals surface area contributed by atoms with Crippen molar-refractivity contribution in [1.29, 1.82) is 0 Å². The number of hydrogen-bond acceptors (Lipinski definition) is 8. The Labute approximate surface area is 963 Å². The first-order chi connectivity index (χ1) is 67.6. The molecule has 4 saturated carbocycles. The van der Waals surface area contributed by atoms with Gasteiger partial charge in [-0.1, -0.05) is 461 Å². The number of halogens is 4. The molecule has 840 valence electrons. The van der Waals surface area contributed by atoms with Crippen molar-refractivity contribution in [2.24, 2.45) is 0 Å². The monoisotopic (exact) mass is 2540 g/mol. The van der Waals surface area contributed by atoms with Crippen LogP contribution in [0.2, 0.25) is 0 Å². The average molecular weight is 2550 g/mol. The van der Waals surface area contributed by atoms with E-state index in [4.69, 9.17) is 22.9 Å². The summed E-state index contributed by atoms with van der Waals surface area (Å²) in [5, 5.41) is 0. The molecule has 28 heteroatoms. The van der Waals surface area contributed by atoms with E-state index in [1.807, 2.05) is 124 Å². The zero-order valence-corrected chi connectivity index (χ0v) is 109. The minimum absolute atomic E-state index is 0. The third kappa shape index (κ3) is 59.0. The Kier molecular flexibility index (Phi) is 80.6. The minimum atomic E-state index is -3.61. The first-order valence-electron chi connectivity index (χ1n) is 51.5. The number of benzene rings is 8. The van der Waals surface area contributed by atoms with Gasteiger partial charge in [0.2, 0.25) is 0 Å². The molecule has 0 radical (unpaired) electrons. The topological polar surface area (TPSA) is 288 Å². The molecule has 4 fully saturated rings. The van der Waals surface area contributed by atoms with E-state index in [0.29, 0.717) is 53.8 Å². The van der Waals surface area contributed by atoms with Crippen LogP contribution in [0.25, 0.3) is 41.8 Å². The summed E-state index contributed by atoms with van der Waals surface area (Å²) in [7, 11) is 4.05. The summed E-state index contributed by atoms with van der Waals surface area (Å²) in [6.45, 7) is 60.1. The second kappa shape index (κ2) is 79.0. The van der Waals surface area contributed by atoms with Gasteiger partial charge >= 0.3 is 108 Å². The van der Waals surface area contributed by atoms with Crippen LogP contribution in [0.1, 0.15) is 451 Å². The molecule has 0 aliphatic heterocycles. The Morgan fingerprint density at radius 3 is 0.622 bits per heavy atom. The predicted octanol–water partition coefficient (Wildman–Crippen LogP) is 39.0. The molecule has 4 N–H and O–H groups in total. The first kappa shape index (κ1) is 151. The van der Waals surface area contributed by atoms with E-state index < -0.39 is 40.1 Å². The van der Waals surface area contributed by atoms with Crippen LogP contribution >= 0.6 is 38.8 Å². The van der Waals surface area contributed by atoms with Crippen molar-refractivity contribution >= 4 is 78.9 Å². The normalized spacial score (nSPS) is 17.4. The van der Waals surface area contributed by atoms with Crippen LogP contribution in [0.3, 0.4) is 0 Å². The maximum atomic E-state index is 12.9. The quantitative estimate of drug-likeness (QED) is 0.0335. The molecular formula is C120H188Cl4N8O8Ru4S4. The average Bonchev–Trinajstić information content (AvgIpc) is 0.783. The Morgan fingerprint density at radius 2 is 0.419 bits per heavy atom. The number of sulfonamides is 4. The number of nitrogens with one attached hydrogen (secondary N) is 4. The summed E-state index contributed by atoms with van der Waals surface area (Å²) in [4.78, 5) is 0. The number of rotatable bonds is 28. The maximum absolute atomic E-state index is 12.9. The Morgan fingerprint density at radius 1 is 0.236 bits per heavy atom. The Bertz CT molecular complexity index is 5060. The molecule has 0 amide bonds. The summed E-state index contributed by atoms with van der Waals surface area (Å²) in [5.74, 6) is 5.01.